The molecule has 6 heteroatoms. The molecule has 1 atom stereocenters. The summed E-state index contributed by atoms with van der Waals surface area (Å²) in [6.45, 7) is 2.72. The Hall–Kier alpha value is -1.17. The Labute approximate surface area is 105 Å². The summed E-state index contributed by atoms with van der Waals surface area (Å²) < 4.78 is 5.30. The molecular weight excluding hydrogens is 242 g/mol. The molecule has 1 rings (SSSR count). The summed E-state index contributed by atoms with van der Waals surface area (Å²) in [6, 6.07) is 3.30. The standard InChI is InChI=1S/C11H16ClN3O2/c1-2-17-9(6-13)5-11(16)15-8-3-4-10(12)14-7-8/h3-4,7,9H,2,5-6,13H2,1H3,(H,15,16). The van der Waals surface area contributed by atoms with Gasteiger partial charge in [0.2, 0.25) is 5.91 Å². The molecule has 0 aliphatic carbocycles. The monoisotopic (exact) mass is 257 g/mol. The topological polar surface area (TPSA) is 77.2 Å². The van der Waals surface area contributed by atoms with E-state index in [0.29, 0.717) is 24.0 Å². The Bertz CT molecular complexity index is 356. The Balaban J connectivity index is 2.46. The molecule has 0 aliphatic rings. The van der Waals surface area contributed by atoms with E-state index in [0.717, 1.165) is 0 Å². The third-order valence-electron chi connectivity index (χ3n) is 2.09. The van der Waals surface area contributed by atoms with Gasteiger partial charge in [0.05, 0.1) is 24.4 Å². The molecule has 0 aliphatic heterocycles. The van der Waals surface area contributed by atoms with Crippen molar-refractivity contribution < 1.29 is 9.53 Å². The SMILES string of the molecule is CCOC(CN)CC(=O)Nc1ccc(Cl)nc1. The molecular formula is C11H16ClN3O2. The van der Waals surface area contributed by atoms with E-state index in [1.807, 2.05) is 6.92 Å². The van der Waals surface area contributed by atoms with Crippen LogP contribution >= 0.6 is 11.6 Å². The fourth-order valence-electron chi connectivity index (χ4n) is 1.31. The van der Waals surface area contributed by atoms with Crippen LogP contribution in [0.2, 0.25) is 5.15 Å². The van der Waals surface area contributed by atoms with Crippen molar-refractivity contribution >= 4 is 23.2 Å². The first-order valence-corrected chi connectivity index (χ1v) is 5.76. The second kappa shape index (κ2) is 7.21. The lowest BCUT2D eigenvalue weighted by molar-refractivity contribution is -0.118. The molecule has 5 nitrogen and oxygen atoms in total. The quantitative estimate of drug-likeness (QED) is 0.756. The van der Waals surface area contributed by atoms with Crippen LogP contribution in [0.25, 0.3) is 0 Å². The number of ether oxygens (including phenoxy) is 1. The number of nitrogens with one attached hydrogen (secondary N) is 1. The van der Waals surface area contributed by atoms with Crippen LogP contribution in [0, 0.1) is 0 Å². The predicted octanol–water partition coefficient (Wildman–Crippen LogP) is 1.43. The lowest BCUT2D eigenvalue weighted by atomic mass is 10.2. The van der Waals surface area contributed by atoms with Gasteiger partial charge in [0.25, 0.3) is 0 Å². The zero-order valence-corrected chi connectivity index (χ0v) is 10.4. The van der Waals surface area contributed by atoms with Crippen LogP contribution in [-0.2, 0) is 9.53 Å². The van der Waals surface area contributed by atoms with E-state index < -0.39 is 0 Å². The zero-order chi connectivity index (χ0) is 12.7. The first kappa shape index (κ1) is 13.9. The van der Waals surface area contributed by atoms with Crippen LogP contribution < -0.4 is 11.1 Å². The number of hydrogen-bond donors (Lipinski definition) is 2. The van der Waals surface area contributed by atoms with Crippen LogP contribution in [0.15, 0.2) is 18.3 Å². The smallest absolute Gasteiger partial charge is 0.227 e. The van der Waals surface area contributed by atoms with Crippen LogP contribution in [0.1, 0.15) is 13.3 Å². The van der Waals surface area contributed by atoms with Crippen LogP contribution in [0.3, 0.4) is 0 Å². The van der Waals surface area contributed by atoms with Crippen molar-refractivity contribution in [3.63, 3.8) is 0 Å². The lowest BCUT2D eigenvalue weighted by Crippen LogP contribution is -2.29. The summed E-state index contributed by atoms with van der Waals surface area (Å²) in [4.78, 5) is 15.5. The first-order chi connectivity index (χ1) is 8.15. The maximum absolute atomic E-state index is 11.6. The second-order valence-corrected chi connectivity index (χ2v) is 3.82. The summed E-state index contributed by atoms with van der Waals surface area (Å²) >= 11 is 5.64. The largest absolute Gasteiger partial charge is 0.377 e. The van der Waals surface area contributed by atoms with Gasteiger partial charge in [-0.2, -0.15) is 0 Å². The van der Waals surface area contributed by atoms with Crippen LogP contribution in [0.5, 0.6) is 0 Å². The molecule has 0 aromatic carbocycles. The third-order valence-corrected chi connectivity index (χ3v) is 2.31. The van der Waals surface area contributed by atoms with Gasteiger partial charge in [0, 0.05) is 13.2 Å². The molecule has 1 heterocycles. The summed E-state index contributed by atoms with van der Waals surface area (Å²) in [7, 11) is 0. The second-order valence-electron chi connectivity index (χ2n) is 3.43. The summed E-state index contributed by atoms with van der Waals surface area (Å²) in [6.07, 6.45) is 1.48. The summed E-state index contributed by atoms with van der Waals surface area (Å²) in [5.74, 6) is -0.155. The van der Waals surface area contributed by atoms with E-state index in [1.165, 1.54) is 6.20 Å². The van der Waals surface area contributed by atoms with E-state index in [2.05, 4.69) is 10.3 Å². The number of aromatic nitrogens is 1. The lowest BCUT2D eigenvalue weighted by Gasteiger charge is -2.14. The molecule has 3 N–H and O–H groups in total. The van der Waals surface area contributed by atoms with E-state index in [9.17, 15) is 4.79 Å². The van der Waals surface area contributed by atoms with Gasteiger partial charge in [-0.1, -0.05) is 11.6 Å². The molecule has 0 saturated carbocycles. The molecule has 17 heavy (non-hydrogen) atoms. The van der Waals surface area contributed by atoms with Crippen molar-refractivity contribution in [1.29, 1.82) is 0 Å². The van der Waals surface area contributed by atoms with Gasteiger partial charge in [-0.05, 0) is 19.1 Å². The zero-order valence-electron chi connectivity index (χ0n) is 9.65. The van der Waals surface area contributed by atoms with Crippen molar-refractivity contribution in [3.05, 3.63) is 23.5 Å². The Morgan fingerprint density at radius 2 is 2.41 bits per heavy atom. The highest BCUT2D eigenvalue weighted by Gasteiger charge is 2.12. The minimum atomic E-state index is -0.250. The molecule has 1 unspecified atom stereocenters. The van der Waals surface area contributed by atoms with Crippen molar-refractivity contribution in [2.24, 2.45) is 5.73 Å². The van der Waals surface area contributed by atoms with Crippen molar-refractivity contribution in [2.75, 3.05) is 18.5 Å². The van der Waals surface area contributed by atoms with E-state index in [4.69, 9.17) is 22.1 Å². The Kier molecular flexibility index (Phi) is 5.90. The normalized spacial score (nSPS) is 12.2. The number of carbonyl (C=O) groups excluding carboxylic acids is 1. The van der Waals surface area contributed by atoms with Gasteiger partial charge >= 0.3 is 0 Å². The highest BCUT2D eigenvalue weighted by Crippen LogP contribution is 2.10. The van der Waals surface area contributed by atoms with E-state index in [-0.39, 0.29) is 18.4 Å². The average molecular weight is 258 g/mol. The molecule has 1 amide bonds. The summed E-state index contributed by atoms with van der Waals surface area (Å²) in [5.41, 5.74) is 6.09. The predicted molar refractivity (Wildman–Crippen MR) is 67.0 cm³/mol. The molecule has 0 bridgehead atoms. The number of amides is 1. The van der Waals surface area contributed by atoms with Gasteiger partial charge in [0.1, 0.15) is 5.15 Å². The molecule has 1 aromatic heterocycles. The van der Waals surface area contributed by atoms with Crippen molar-refractivity contribution in [1.82, 2.24) is 4.98 Å². The minimum absolute atomic E-state index is 0.155. The number of nitrogens with two attached hydrogens (primary N) is 1. The number of hydrogen-bond acceptors (Lipinski definition) is 4. The molecule has 0 radical (unpaired) electrons. The van der Waals surface area contributed by atoms with Gasteiger partial charge in [-0.25, -0.2) is 4.98 Å². The van der Waals surface area contributed by atoms with E-state index >= 15 is 0 Å². The van der Waals surface area contributed by atoms with Crippen molar-refractivity contribution in [3.8, 4) is 0 Å². The molecule has 0 saturated heterocycles. The Morgan fingerprint density at radius 3 is 2.94 bits per heavy atom. The fraction of sp³-hybridized carbons (Fsp3) is 0.455. The fourth-order valence-corrected chi connectivity index (χ4v) is 1.43. The maximum atomic E-state index is 11.6. The number of pyridine rings is 1. The average Bonchev–Trinajstić information content (AvgIpc) is 2.31. The third kappa shape index (κ3) is 5.12. The Morgan fingerprint density at radius 1 is 1.65 bits per heavy atom. The highest BCUT2D eigenvalue weighted by molar-refractivity contribution is 6.29. The van der Waals surface area contributed by atoms with Gasteiger partial charge in [-0.15, -0.1) is 0 Å². The molecule has 94 valence electrons. The first-order valence-electron chi connectivity index (χ1n) is 5.38. The van der Waals surface area contributed by atoms with Gasteiger partial charge in [-0.3, -0.25) is 4.79 Å². The molecule has 0 spiro atoms. The van der Waals surface area contributed by atoms with Gasteiger partial charge < -0.3 is 15.8 Å². The maximum Gasteiger partial charge on any atom is 0.227 e. The number of carbonyl (C=O) groups is 1. The molecule has 1 aromatic rings. The number of anilines is 1. The van der Waals surface area contributed by atoms with E-state index in [1.54, 1.807) is 12.1 Å². The number of rotatable bonds is 6. The van der Waals surface area contributed by atoms with Crippen LogP contribution in [0.4, 0.5) is 5.69 Å². The molecule has 0 fully saturated rings. The summed E-state index contributed by atoms with van der Waals surface area (Å²) in [5, 5.41) is 3.08. The number of halogens is 1. The van der Waals surface area contributed by atoms with Crippen LogP contribution in [-0.4, -0.2) is 30.1 Å². The van der Waals surface area contributed by atoms with Crippen molar-refractivity contribution in [2.45, 2.75) is 19.4 Å². The van der Waals surface area contributed by atoms with Gasteiger partial charge in [0.15, 0.2) is 0 Å². The highest BCUT2D eigenvalue weighted by atomic mass is 35.5. The number of nitrogens with zero attached hydrogens (tertiary/aromatic N) is 1. The minimum Gasteiger partial charge on any atom is -0.377 e.